The molecule has 1 saturated heterocycles. The van der Waals surface area contributed by atoms with Crippen molar-refractivity contribution >= 4 is 11.9 Å². The molecule has 1 unspecified atom stereocenters. The number of carbonyl (C=O) groups is 2. The lowest BCUT2D eigenvalue weighted by atomic mass is 9.80. The molecule has 0 aromatic heterocycles. The van der Waals surface area contributed by atoms with Crippen LogP contribution in [0.1, 0.15) is 53.4 Å². The van der Waals surface area contributed by atoms with Crippen LogP contribution >= 0.6 is 0 Å². The predicted molar refractivity (Wildman–Crippen MR) is 72.9 cm³/mol. The minimum atomic E-state index is -0.456. The lowest BCUT2D eigenvalue weighted by molar-refractivity contribution is -0.124. The first-order chi connectivity index (χ1) is 8.74. The number of Topliss-reactive ketones (excluding diaryl/α,β-unsaturated/α-hetero) is 1. The number of nitrogens with zero attached hydrogens (tertiary/aromatic N) is 1. The van der Waals surface area contributed by atoms with Crippen molar-refractivity contribution in [2.75, 3.05) is 13.1 Å². The fraction of sp³-hybridized carbons (Fsp3) is 0.867. The molecule has 108 valence electrons. The van der Waals surface area contributed by atoms with E-state index >= 15 is 0 Å². The minimum absolute atomic E-state index is 0.124. The number of ether oxygens (including phenoxy) is 1. The van der Waals surface area contributed by atoms with Gasteiger partial charge in [-0.05, 0) is 59.3 Å². The normalized spacial score (nSPS) is 25.9. The molecule has 1 saturated carbocycles. The van der Waals surface area contributed by atoms with Gasteiger partial charge in [0.15, 0.2) is 0 Å². The maximum atomic E-state index is 12.1. The van der Waals surface area contributed by atoms with E-state index in [0.717, 1.165) is 32.2 Å². The van der Waals surface area contributed by atoms with Crippen LogP contribution < -0.4 is 0 Å². The van der Waals surface area contributed by atoms with E-state index < -0.39 is 5.60 Å². The van der Waals surface area contributed by atoms with Crippen LogP contribution in [0.15, 0.2) is 0 Å². The summed E-state index contributed by atoms with van der Waals surface area (Å²) in [5.74, 6) is 0.620. The molecule has 4 nitrogen and oxygen atoms in total. The molecule has 1 aliphatic heterocycles. The highest BCUT2D eigenvalue weighted by atomic mass is 16.6. The maximum absolute atomic E-state index is 12.1. The molecule has 1 heterocycles. The molecule has 0 aromatic carbocycles. The van der Waals surface area contributed by atoms with Gasteiger partial charge in [0, 0.05) is 18.5 Å². The summed E-state index contributed by atoms with van der Waals surface area (Å²) in [4.78, 5) is 25.7. The summed E-state index contributed by atoms with van der Waals surface area (Å²) < 4.78 is 5.42. The van der Waals surface area contributed by atoms with Gasteiger partial charge in [-0.2, -0.15) is 0 Å². The monoisotopic (exact) mass is 267 g/mol. The Labute approximate surface area is 115 Å². The fourth-order valence-electron chi connectivity index (χ4n) is 3.10. The van der Waals surface area contributed by atoms with Crippen molar-refractivity contribution in [3.8, 4) is 0 Å². The number of hydrogen-bond acceptors (Lipinski definition) is 3. The highest BCUT2D eigenvalue weighted by Gasteiger charge is 2.54. The van der Waals surface area contributed by atoms with Crippen molar-refractivity contribution < 1.29 is 14.3 Å². The number of likely N-dealkylation sites (tertiary alicyclic amines) is 1. The van der Waals surface area contributed by atoms with Gasteiger partial charge in [-0.3, -0.25) is 4.79 Å². The van der Waals surface area contributed by atoms with Crippen molar-refractivity contribution in [1.29, 1.82) is 0 Å². The third-order valence-corrected chi connectivity index (χ3v) is 4.34. The second-order valence-electron chi connectivity index (χ2n) is 6.98. The van der Waals surface area contributed by atoms with E-state index in [9.17, 15) is 9.59 Å². The summed E-state index contributed by atoms with van der Waals surface area (Å²) in [7, 11) is 0. The Morgan fingerprint density at radius 2 is 1.89 bits per heavy atom. The fourth-order valence-corrected chi connectivity index (χ4v) is 3.10. The predicted octanol–water partition coefficient (Wildman–Crippen LogP) is 3.00. The zero-order valence-electron chi connectivity index (χ0n) is 12.5. The Morgan fingerprint density at radius 3 is 2.37 bits per heavy atom. The molecule has 1 aliphatic carbocycles. The van der Waals surface area contributed by atoms with Gasteiger partial charge in [0.1, 0.15) is 11.4 Å². The summed E-state index contributed by atoms with van der Waals surface area (Å²) in [5, 5.41) is 0. The third kappa shape index (κ3) is 3.10. The smallest absolute Gasteiger partial charge is 0.410 e. The molecule has 19 heavy (non-hydrogen) atoms. The van der Waals surface area contributed by atoms with E-state index in [4.69, 9.17) is 4.74 Å². The first kappa shape index (κ1) is 14.4. The zero-order valence-corrected chi connectivity index (χ0v) is 12.5. The number of amides is 1. The zero-order chi connectivity index (χ0) is 14.3. The Balaban J connectivity index is 1.98. The molecule has 2 rings (SSSR count). The standard InChI is InChI=1S/C15H25NO3/c1-11(17)15(7-8-15)12-6-5-9-16(10-12)13(18)19-14(2,3)4/h12H,5-10H2,1-4H3. The van der Waals surface area contributed by atoms with E-state index in [1.807, 2.05) is 20.8 Å². The van der Waals surface area contributed by atoms with Crippen LogP contribution in [0, 0.1) is 11.3 Å². The summed E-state index contributed by atoms with van der Waals surface area (Å²) in [6.45, 7) is 8.76. The molecule has 1 atom stereocenters. The first-order valence-electron chi connectivity index (χ1n) is 7.23. The molecular weight excluding hydrogens is 242 g/mol. The lowest BCUT2D eigenvalue weighted by Crippen LogP contribution is -2.45. The largest absolute Gasteiger partial charge is 0.444 e. The molecule has 0 bridgehead atoms. The highest BCUT2D eigenvalue weighted by molar-refractivity contribution is 5.85. The van der Waals surface area contributed by atoms with Gasteiger partial charge in [-0.25, -0.2) is 4.79 Å². The Hall–Kier alpha value is -1.06. The Kier molecular flexibility index (Phi) is 3.63. The van der Waals surface area contributed by atoms with Crippen LogP contribution in [0.4, 0.5) is 4.79 Å². The van der Waals surface area contributed by atoms with Gasteiger partial charge in [0.05, 0.1) is 0 Å². The molecule has 0 aromatic rings. The van der Waals surface area contributed by atoms with Crippen LogP contribution in [-0.2, 0) is 9.53 Å². The van der Waals surface area contributed by atoms with Crippen molar-refractivity contribution in [3.05, 3.63) is 0 Å². The van der Waals surface area contributed by atoms with Crippen molar-refractivity contribution in [2.45, 2.75) is 59.0 Å². The summed E-state index contributed by atoms with van der Waals surface area (Å²) >= 11 is 0. The van der Waals surface area contributed by atoms with Crippen LogP contribution in [0.2, 0.25) is 0 Å². The summed E-state index contributed by atoms with van der Waals surface area (Å²) in [6, 6.07) is 0. The van der Waals surface area contributed by atoms with Gasteiger partial charge in [-0.15, -0.1) is 0 Å². The molecule has 2 fully saturated rings. The van der Waals surface area contributed by atoms with Gasteiger partial charge >= 0.3 is 6.09 Å². The van der Waals surface area contributed by atoms with Crippen molar-refractivity contribution in [3.63, 3.8) is 0 Å². The molecule has 1 amide bonds. The number of ketones is 1. The Bertz CT molecular complexity index is 379. The highest BCUT2D eigenvalue weighted by Crippen LogP contribution is 2.55. The minimum Gasteiger partial charge on any atom is -0.444 e. The van der Waals surface area contributed by atoms with Crippen LogP contribution in [0.3, 0.4) is 0 Å². The third-order valence-electron chi connectivity index (χ3n) is 4.34. The first-order valence-corrected chi connectivity index (χ1v) is 7.23. The van der Waals surface area contributed by atoms with Crippen LogP contribution in [-0.4, -0.2) is 35.5 Å². The number of carbonyl (C=O) groups excluding carboxylic acids is 2. The second-order valence-corrected chi connectivity index (χ2v) is 6.98. The number of rotatable bonds is 2. The molecule has 0 N–H and O–H groups in total. The van der Waals surface area contributed by atoms with E-state index in [1.165, 1.54) is 0 Å². The van der Waals surface area contributed by atoms with Crippen molar-refractivity contribution in [1.82, 2.24) is 4.90 Å². The molecular formula is C15H25NO3. The second kappa shape index (κ2) is 4.80. The topological polar surface area (TPSA) is 46.6 Å². The van der Waals surface area contributed by atoms with Gasteiger partial charge < -0.3 is 9.64 Å². The van der Waals surface area contributed by atoms with Gasteiger partial charge in [0.25, 0.3) is 0 Å². The molecule has 2 aliphatic rings. The summed E-state index contributed by atoms with van der Waals surface area (Å²) in [5.41, 5.74) is -0.581. The van der Waals surface area contributed by atoms with Crippen molar-refractivity contribution in [2.24, 2.45) is 11.3 Å². The number of hydrogen-bond donors (Lipinski definition) is 0. The maximum Gasteiger partial charge on any atom is 0.410 e. The van der Waals surface area contributed by atoms with E-state index in [0.29, 0.717) is 18.2 Å². The van der Waals surface area contributed by atoms with E-state index in [-0.39, 0.29) is 11.5 Å². The van der Waals surface area contributed by atoms with E-state index in [1.54, 1.807) is 11.8 Å². The quantitative estimate of drug-likeness (QED) is 0.772. The van der Waals surface area contributed by atoms with Gasteiger partial charge in [-0.1, -0.05) is 0 Å². The lowest BCUT2D eigenvalue weighted by Gasteiger charge is -2.37. The SMILES string of the molecule is CC(=O)C1(C2CCCN(C(=O)OC(C)(C)C)C2)CC1. The van der Waals surface area contributed by atoms with Gasteiger partial charge in [0.2, 0.25) is 0 Å². The molecule has 4 heteroatoms. The molecule has 0 radical (unpaired) electrons. The Morgan fingerprint density at radius 1 is 1.26 bits per heavy atom. The van der Waals surface area contributed by atoms with Crippen LogP contribution in [0.25, 0.3) is 0 Å². The average Bonchev–Trinajstić information content (AvgIpc) is 3.08. The number of piperidine rings is 1. The molecule has 0 spiro atoms. The summed E-state index contributed by atoms with van der Waals surface area (Å²) in [6.07, 6.45) is 3.78. The van der Waals surface area contributed by atoms with Crippen LogP contribution in [0.5, 0.6) is 0 Å². The average molecular weight is 267 g/mol. The van der Waals surface area contributed by atoms with E-state index in [2.05, 4.69) is 0 Å².